The number of allylic oxidation sites excluding steroid dienone is 1. The molecule has 2 saturated heterocycles. The summed E-state index contributed by atoms with van der Waals surface area (Å²) in [6.07, 6.45) is 13.1. The number of imide groups is 1. The van der Waals surface area contributed by atoms with Gasteiger partial charge in [-0.25, -0.2) is 0 Å². The third-order valence-electron chi connectivity index (χ3n) is 9.18. The van der Waals surface area contributed by atoms with E-state index in [0.29, 0.717) is 19.3 Å². The third kappa shape index (κ3) is 5.51. The Morgan fingerprint density at radius 2 is 1.60 bits per heavy atom. The molecule has 1 unspecified atom stereocenters. The van der Waals surface area contributed by atoms with Gasteiger partial charge in [-0.2, -0.15) is 10.0 Å². The fraction of sp³-hybridized carbons (Fsp3) is 0.412. The number of hydrogen-bond acceptors (Lipinski definition) is 6. The zero-order chi connectivity index (χ0) is 30.1. The first-order valence-electron chi connectivity index (χ1n) is 15.4. The molecule has 9 heteroatoms. The van der Waals surface area contributed by atoms with Gasteiger partial charge in [-0.15, -0.1) is 0 Å². The summed E-state index contributed by atoms with van der Waals surface area (Å²) in [5.41, 5.74) is 5.06. The molecule has 2 aromatic rings. The van der Waals surface area contributed by atoms with Crippen molar-refractivity contribution < 1.29 is 19.2 Å². The normalized spacial score (nSPS) is 22.3. The maximum Gasteiger partial charge on any atom is 0.253 e. The number of hydrogen-bond donors (Lipinski definition) is 1. The molecule has 0 saturated carbocycles. The van der Waals surface area contributed by atoms with Crippen LogP contribution in [-0.2, 0) is 14.4 Å². The second-order valence-electron chi connectivity index (χ2n) is 11.8. The summed E-state index contributed by atoms with van der Waals surface area (Å²) >= 11 is 0. The number of nitrogens with zero attached hydrogens (tertiary/aromatic N) is 3. The zero-order valence-corrected chi connectivity index (χ0v) is 25.9. The first-order valence-corrected chi connectivity index (χ1v) is 17.6. The van der Waals surface area contributed by atoms with Crippen molar-refractivity contribution in [1.29, 1.82) is 0 Å². The first kappa shape index (κ1) is 29.2. The van der Waals surface area contributed by atoms with E-state index in [0.717, 1.165) is 53.5 Å². The summed E-state index contributed by atoms with van der Waals surface area (Å²) in [5.74, 6) is 0.289. The van der Waals surface area contributed by atoms with E-state index >= 15 is 0 Å². The molecular formula is C34H40N4O4S. The van der Waals surface area contributed by atoms with E-state index in [2.05, 4.69) is 70.8 Å². The summed E-state index contributed by atoms with van der Waals surface area (Å²) < 4.78 is 0. The topological polar surface area (TPSA) is 90.0 Å². The number of carbonyl (C=O) groups excluding carboxylic acids is 4. The molecule has 43 heavy (non-hydrogen) atoms. The molecule has 4 aliphatic rings. The summed E-state index contributed by atoms with van der Waals surface area (Å²) in [6, 6.07) is 10.9. The van der Waals surface area contributed by atoms with E-state index in [1.807, 2.05) is 0 Å². The van der Waals surface area contributed by atoms with Crippen molar-refractivity contribution in [3.05, 3.63) is 65.3 Å². The highest BCUT2D eigenvalue weighted by molar-refractivity contribution is 8.33. The quantitative estimate of drug-likeness (QED) is 0.296. The fourth-order valence-electron chi connectivity index (χ4n) is 6.15. The Kier molecular flexibility index (Phi) is 8.18. The number of rotatable bonds is 11. The van der Waals surface area contributed by atoms with Crippen molar-refractivity contribution in [1.82, 2.24) is 10.2 Å². The van der Waals surface area contributed by atoms with Crippen molar-refractivity contribution >= 4 is 51.0 Å². The molecule has 4 aliphatic heterocycles. The lowest BCUT2D eigenvalue weighted by Crippen LogP contribution is -2.38. The minimum Gasteiger partial charge on any atom is -0.371 e. The van der Waals surface area contributed by atoms with Crippen molar-refractivity contribution in [3.63, 3.8) is 0 Å². The van der Waals surface area contributed by atoms with Gasteiger partial charge in [-0.3, -0.25) is 24.1 Å². The molecular weight excluding hydrogens is 560 g/mol. The largest absolute Gasteiger partial charge is 0.371 e. The average Bonchev–Trinajstić information content (AvgIpc) is 3.26. The van der Waals surface area contributed by atoms with Crippen LogP contribution in [0.15, 0.2) is 58.4 Å². The number of carbonyl (C=O) groups is 4. The highest BCUT2D eigenvalue weighted by Crippen LogP contribution is 2.65. The molecule has 0 bridgehead atoms. The van der Waals surface area contributed by atoms with Crippen LogP contribution in [0.3, 0.4) is 0 Å². The fourth-order valence-corrected chi connectivity index (χ4v) is 9.08. The number of ketones is 1. The van der Waals surface area contributed by atoms with Crippen LogP contribution in [0.2, 0.25) is 0 Å². The number of unbranched alkanes of at least 4 members (excludes halogenated alkanes) is 1. The number of benzene rings is 2. The average molecular weight is 601 g/mol. The SMILES string of the molecule is CCS1(C)c2cc(N3CCC3)ccc2C(=O)c2c(/C=C/CCCC(=O)NCCN3C(=O)C=CC3=O)cc(N3CCC3)cc21. The van der Waals surface area contributed by atoms with Gasteiger partial charge in [0.1, 0.15) is 0 Å². The second kappa shape index (κ2) is 12.0. The maximum absolute atomic E-state index is 14.1. The second-order valence-corrected chi connectivity index (χ2v) is 15.4. The Morgan fingerprint density at radius 3 is 2.26 bits per heavy atom. The van der Waals surface area contributed by atoms with Gasteiger partial charge in [0.2, 0.25) is 5.91 Å². The van der Waals surface area contributed by atoms with Crippen molar-refractivity contribution in [2.75, 3.05) is 61.1 Å². The van der Waals surface area contributed by atoms with Crippen LogP contribution in [0.4, 0.5) is 11.4 Å². The maximum atomic E-state index is 14.1. The van der Waals surface area contributed by atoms with Crippen molar-refractivity contribution in [2.45, 2.75) is 48.8 Å². The Balaban J connectivity index is 1.17. The van der Waals surface area contributed by atoms with Crippen LogP contribution in [0.1, 0.15) is 60.5 Å². The number of anilines is 2. The minimum atomic E-state index is -1.41. The number of amides is 3. The van der Waals surface area contributed by atoms with Crippen molar-refractivity contribution in [2.24, 2.45) is 0 Å². The van der Waals surface area contributed by atoms with Crippen LogP contribution < -0.4 is 15.1 Å². The van der Waals surface area contributed by atoms with E-state index in [-0.39, 0.29) is 36.6 Å². The Hall–Kier alpha value is -3.85. The van der Waals surface area contributed by atoms with E-state index < -0.39 is 10.0 Å². The van der Waals surface area contributed by atoms with Crippen LogP contribution in [0.25, 0.3) is 6.08 Å². The summed E-state index contributed by atoms with van der Waals surface area (Å²) in [6.45, 7) is 6.90. The molecule has 1 N–H and O–H groups in total. The van der Waals surface area contributed by atoms with Gasteiger partial charge in [-0.1, -0.05) is 19.1 Å². The lowest BCUT2D eigenvalue weighted by molar-refractivity contribution is -0.137. The minimum absolute atomic E-state index is 0.107. The van der Waals surface area contributed by atoms with Gasteiger partial charge >= 0.3 is 0 Å². The van der Waals surface area contributed by atoms with Crippen molar-refractivity contribution in [3.8, 4) is 0 Å². The van der Waals surface area contributed by atoms with Gasteiger partial charge in [0.05, 0.1) is 0 Å². The first-order chi connectivity index (χ1) is 20.8. The summed E-state index contributed by atoms with van der Waals surface area (Å²) in [7, 11) is -1.41. The highest BCUT2D eigenvalue weighted by atomic mass is 32.3. The van der Waals surface area contributed by atoms with E-state index in [4.69, 9.17) is 0 Å². The molecule has 0 radical (unpaired) electrons. The van der Waals surface area contributed by atoms with Gasteiger partial charge in [0.25, 0.3) is 11.8 Å². The molecule has 0 aromatic heterocycles. The lowest BCUT2D eigenvalue weighted by Gasteiger charge is -2.44. The summed E-state index contributed by atoms with van der Waals surface area (Å²) in [4.78, 5) is 58.1. The Bertz CT molecular complexity index is 1520. The monoisotopic (exact) mass is 600 g/mol. The van der Waals surface area contributed by atoms with Gasteiger partial charge < -0.3 is 15.1 Å². The lowest BCUT2D eigenvalue weighted by atomic mass is 9.95. The van der Waals surface area contributed by atoms with Crippen LogP contribution >= 0.6 is 10.0 Å². The standard InChI is InChI=1S/C34H40N4O4S/c1-3-43(2)28-22-25(36-16-7-17-36)11-12-27(28)34(42)33-24(21-26(23-29(33)43)37-18-8-19-37)9-5-4-6-10-30(39)35-15-20-38-31(40)13-14-32(38)41/h5,9,11-14,21-23H,3-4,6-8,10,15-20H2,1-2H3,(H,35,39)/b9-5+. The van der Waals surface area contributed by atoms with Crippen LogP contribution in [-0.4, -0.2) is 79.7 Å². The van der Waals surface area contributed by atoms with E-state index in [9.17, 15) is 19.2 Å². The van der Waals surface area contributed by atoms with E-state index in [1.54, 1.807) is 0 Å². The molecule has 2 fully saturated rings. The smallest absolute Gasteiger partial charge is 0.253 e. The Morgan fingerprint density at radius 1 is 0.930 bits per heavy atom. The van der Waals surface area contributed by atoms with Crippen LogP contribution in [0.5, 0.6) is 0 Å². The molecule has 3 amide bonds. The molecule has 8 nitrogen and oxygen atoms in total. The Labute approximate surface area is 255 Å². The molecule has 226 valence electrons. The molecule has 0 spiro atoms. The molecule has 1 atom stereocenters. The van der Waals surface area contributed by atoms with Crippen LogP contribution in [0, 0.1) is 0 Å². The highest BCUT2D eigenvalue weighted by Gasteiger charge is 2.38. The number of fused-ring (bicyclic) bond motifs is 2. The molecule has 0 aliphatic carbocycles. The van der Waals surface area contributed by atoms with Gasteiger partial charge in [-0.05, 0) is 73.6 Å². The molecule has 4 heterocycles. The predicted molar refractivity (Wildman–Crippen MR) is 172 cm³/mol. The predicted octanol–water partition coefficient (Wildman–Crippen LogP) is 4.75. The zero-order valence-electron chi connectivity index (χ0n) is 25.1. The van der Waals surface area contributed by atoms with Gasteiger partial charge in [0.15, 0.2) is 5.78 Å². The van der Waals surface area contributed by atoms with Gasteiger partial charge in [0, 0.05) is 90.1 Å². The molecule has 6 rings (SSSR count). The summed E-state index contributed by atoms with van der Waals surface area (Å²) in [5, 5.41) is 2.79. The third-order valence-corrected chi connectivity index (χ3v) is 12.9. The molecule has 2 aromatic carbocycles. The number of nitrogens with one attached hydrogen (secondary N) is 1. The van der Waals surface area contributed by atoms with E-state index in [1.165, 1.54) is 46.2 Å².